The molecular weight excluding hydrogens is 234 g/mol. The van der Waals surface area contributed by atoms with E-state index in [0.717, 1.165) is 5.69 Å². The average molecular weight is 253 g/mol. The highest BCUT2D eigenvalue weighted by atomic mass is 16.4. The zero-order valence-corrected chi connectivity index (χ0v) is 11.1. The average Bonchev–Trinajstić information content (AvgIpc) is 2.56. The van der Waals surface area contributed by atoms with Gasteiger partial charge in [0.25, 0.3) is 5.91 Å². The van der Waals surface area contributed by atoms with Crippen molar-refractivity contribution in [3.05, 3.63) is 17.5 Å². The Hall–Kier alpha value is -1.85. The molecule has 1 amide bonds. The van der Waals surface area contributed by atoms with E-state index >= 15 is 0 Å². The topological polar surface area (TPSA) is 84.2 Å². The molecule has 6 nitrogen and oxygen atoms in total. The normalized spacial score (nSPS) is 14.0. The Balaban J connectivity index is 2.85. The second-order valence-corrected chi connectivity index (χ2v) is 4.73. The number of hydrogen-bond donors (Lipinski definition) is 2. The summed E-state index contributed by atoms with van der Waals surface area (Å²) in [7, 11) is 1.68. The van der Waals surface area contributed by atoms with Crippen LogP contribution in [0.1, 0.15) is 42.9 Å². The van der Waals surface area contributed by atoms with Crippen molar-refractivity contribution < 1.29 is 14.7 Å². The van der Waals surface area contributed by atoms with Gasteiger partial charge in [-0.2, -0.15) is 5.10 Å². The Morgan fingerprint density at radius 3 is 2.56 bits per heavy atom. The minimum atomic E-state index is -0.930. The predicted molar refractivity (Wildman–Crippen MR) is 66.4 cm³/mol. The number of carbonyl (C=O) groups is 2. The largest absolute Gasteiger partial charge is 0.481 e. The van der Waals surface area contributed by atoms with E-state index in [2.05, 4.69) is 10.4 Å². The van der Waals surface area contributed by atoms with E-state index in [-0.39, 0.29) is 12.3 Å². The van der Waals surface area contributed by atoms with Gasteiger partial charge in [-0.3, -0.25) is 14.3 Å². The number of amides is 1. The van der Waals surface area contributed by atoms with Gasteiger partial charge in [0.05, 0.1) is 12.1 Å². The number of nitrogens with one attached hydrogen (secondary N) is 1. The smallest absolute Gasteiger partial charge is 0.305 e. The second-order valence-electron chi connectivity index (χ2n) is 4.73. The maximum Gasteiger partial charge on any atom is 0.305 e. The summed E-state index contributed by atoms with van der Waals surface area (Å²) in [4.78, 5) is 22.9. The van der Waals surface area contributed by atoms with Crippen LogP contribution in [0.4, 0.5) is 0 Å². The Labute approximate surface area is 106 Å². The van der Waals surface area contributed by atoms with Crippen LogP contribution in [0, 0.1) is 6.92 Å². The Morgan fingerprint density at radius 1 is 1.56 bits per heavy atom. The van der Waals surface area contributed by atoms with Crippen molar-refractivity contribution in [3.8, 4) is 0 Å². The summed E-state index contributed by atoms with van der Waals surface area (Å²) in [5, 5.41) is 15.7. The fourth-order valence-electron chi connectivity index (χ4n) is 1.75. The highest BCUT2D eigenvalue weighted by molar-refractivity contribution is 5.93. The highest BCUT2D eigenvalue weighted by Gasteiger charge is 2.28. The van der Waals surface area contributed by atoms with Crippen LogP contribution in [0.3, 0.4) is 0 Å². The number of carboxylic acids is 1. The number of carboxylic acid groups (broad SMARTS) is 1. The van der Waals surface area contributed by atoms with E-state index in [1.165, 1.54) is 4.68 Å². The van der Waals surface area contributed by atoms with Crippen molar-refractivity contribution in [2.24, 2.45) is 7.05 Å². The first-order valence-electron chi connectivity index (χ1n) is 5.82. The van der Waals surface area contributed by atoms with Gasteiger partial charge in [0.1, 0.15) is 5.69 Å². The van der Waals surface area contributed by atoms with Crippen molar-refractivity contribution in [1.29, 1.82) is 0 Å². The minimum absolute atomic E-state index is 0.105. The van der Waals surface area contributed by atoms with E-state index in [0.29, 0.717) is 12.1 Å². The summed E-state index contributed by atoms with van der Waals surface area (Å²) in [5.74, 6) is -1.23. The van der Waals surface area contributed by atoms with Gasteiger partial charge in [-0.25, -0.2) is 0 Å². The van der Waals surface area contributed by atoms with Crippen molar-refractivity contribution in [1.82, 2.24) is 15.1 Å². The lowest BCUT2D eigenvalue weighted by molar-refractivity contribution is -0.138. The van der Waals surface area contributed by atoms with E-state index in [1.54, 1.807) is 27.0 Å². The Kier molecular flexibility index (Phi) is 4.11. The highest BCUT2D eigenvalue weighted by Crippen LogP contribution is 2.15. The summed E-state index contributed by atoms with van der Waals surface area (Å²) in [6.07, 6.45) is 0.438. The van der Waals surface area contributed by atoms with Gasteiger partial charge in [-0.15, -0.1) is 0 Å². The van der Waals surface area contributed by atoms with Gasteiger partial charge in [0, 0.05) is 12.6 Å². The molecule has 1 rings (SSSR count). The van der Waals surface area contributed by atoms with Gasteiger partial charge < -0.3 is 10.4 Å². The lowest BCUT2D eigenvalue weighted by Gasteiger charge is -2.27. The number of aromatic nitrogens is 2. The minimum Gasteiger partial charge on any atom is -0.481 e. The van der Waals surface area contributed by atoms with Gasteiger partial charge >= 0.3 is 5.97 Å². The zero-order valence-electron chi connectivity index (χ0n) is 11.1. The fourth-order valence-corrected chi connectivity index (χ4v) is 1.75. The molecule has 2 N–H and O–H groups in total. The molecule has 6 heteroatoms. The molecule has 18 heavy (non-hydrogen) atoms. The predicted octanol–water partition coefficient (Wildman–Crippen LogP) is 1.10. The molecule has 1 unspecified atom stereocenters. The van der Waals surface area contributed by atoms with E-state index in [1.807, 2.05) is 6.92 Å². The van der Waals surface area contributed by atoms with Crippen LogP contribution in [0.5, 0.6) is 0 Å². The molecule has 0 fully saturated rings. The van der Waals surface area contributed by atoms with Crippen molar-refractivity contribution in [2.75, 3.05) is 0 Å². The fraction of sp³-hybridized carbons (Fsp3) is 0.583. The van der Waals surface area contributed by atoms with Crippen LogP contribution in [0.25, 0.3) is 0 Å². The summed E-state index contributed by atoms with van der Waals surface area (Å²) in [6, 6.07) is 1.67. The summed E-state index contributed by atoms with van der Waals surface area (Å²) >= 11 is 0. The summed E-state index contributed by atoms with van der Waals surface area (Å²) in [6.45, 7) is 5.37. The van der Waals surface area contributed by atoms with Crippen LogP contribution < -0.4 is 5.32 Å². The van der Waals surface area contributed by atoms with Crippen LogP contribution in [0.2, 0.25) is 0 Å². The van der Waals surface area contributed by atoms with Crippen LogP contribution in [-0.4, -0.2) is 32.3 Å². The number of nitrogens with zero attached hydrogens (tertiary/aromatic N) is 2. The number of rotatable bonds is 5. The number of hydrogen-bond acceptors (Lipinski definition) is 3. The summed E-state index contributed by atoms with van der Waals surface area (Å²) in [5.41, 5.74) is 0.429. The third-order valence-corrected chi connectivity index (χ3v) is 2.97. The molecule has 0 aliphatic rings. The van der Waals surface area contributed by atoms with Crippen molar-refractivity contribution in [2.45, 2.75) is 39.2 Å². The van der Waals surface area contributed by atoms with Crippen LogP contribution in [0.15, 0.2) is 6.07 Å². The second kappa shape index (κ2) is 5.20. The molecule has 0 spiro atoms. The maximum atomic E-state index is 12.1. The van der Waals surface area contributed by atoms with Gasteiger partial charge in [0.2, 0.25) is 0 Å². The van der Waals surface area contributed by atoms with Crippen molar-refractivity contribution in [3.63, 3.8) is 0 Å². The first-order chi connectivity index (χ1) is 8.27. The summed E-state index contributed by atoms with van der Waals surface area (Å²) < 4.78 is 1.49. The van der Waals surface area contributed by atoms with Gasteiger partial charge in [0.15, 0.2) is 0 Å². The molecular formula is C12H19N3O3. The van der Waals surface area contributed by atoms with E-state index in [4.69, 9.17) is 5.11 Å². The molecule has 0 saturated heterocycles. The lowest BCUT2D eigenvalue weighted by Crippen LogP contribution is -2.47. The molecule has 0 saturated carbocycles. The number of aliphatic carboxylic acids is 1. The molecule has 0 aromatic carbocycles. The first-order valence-corrected chi connectivity index (χ1v) is 5.82. The van der Waals surface area contributed by atoms with Crippen molar-refractivity contribution >= 4 is 11.9 Å². The standard InChI is InChI=1S/C12H19N3O3/c1-5-12(3,7-10(16)17)13-11(18)9-6-8(2)14-15(9)4/h6H,5,7H2,1-4H3,(H,13,18)(H,16,17). The first kappa shape index (κ1) is 14.2. The van der Waals surface area contributed by atoms with E-state index < -0.39 is 11.5 Å². The number of carbonyl (C=O) groups excluding carboxylic acids is 1. The molecule has 0 aliphatic carbocycles. The monoisotopic (exact) mass is 253 g/mol. The molecule has 0 bridgehead atoms. The Morgan fingerprint density at radius 2 is 2.17 bits per heavy atom. The van der Waals surface area contributed by atoms with Gasteiger partial charge in [-0.1, -0.05) is 6.92 Å². The van der Waals surface area contributed by atoms with Gasteiger partial charge in [-0.05, 0) is 26.3 Å². The Bertz CT molecular complexity index is 467. The SMILES string of the molecule is CCC(C)(CC(=O)O)NC(=O)c1cc(C)nn1C. The molecule has 1 aromatic rings. The zero-order chi connectivity index (χ0) is 13.9. The molecule has 1 heterocycles. The quantitative estimate of drug-likeness (QED) is 0.823. The third-order valence-electron chi connectivity index (χ3n) is 2.97. The molecule has 0 radical (unpaired) electrons. The maximum absolute atomic E-state index is 12.1. The third kappa shape index (κ3) is 3.32. The number of aryl methyl sites for hydroxylation is 2. The molecule has 1 atom stereocenters. The van der Waals surface area contributed by atoms with Crippen LogP contribution >= 0.6 is 0 Å². The molecule has 1 aromatic heterocycles. The molecule has 0 aliphatic heterocycles. The van der Waals surface area contributed by atoms with Crippen LogP contribution in [-0.2, 0) is 11.8 Å². The molecule has 100 valence electrons. The van der Waals surface area contributed by atoms with E-state index in [9.17, 15) is 9.59 Å². The lowest BCUT2D eigenvalue weighted by atomic mass is 9.94.